The largest absolute Gasteiger partial charge is 0.436 e. The highest BCUT2D eigenvalue weighted by atomic mass is 32.2. The zero-order chi connectivity index (χ0) is 15.5. The molecule has 0 amide bonds. The predicted molar refractivity (Wildman–Crippen MR) is 77.1 cm³/mol. The van der Waals surface area contributed by atoms with Crippen LogP contribution in [0.5, 0.6) is 11.6 Å². The molecule has 112 valence electrons. The van der Waals surface area contributed by atoms with Crippen LogP contribution in [0.3, 0.4) is 0 Å². The van der Waals surface area contributed by atoms with Crippen LogP contribution in [0.25, 0.3) is 0 Å². The first-order valence-electron chi connectivity index (χ1n) is 5.97. The summed E-state index contributed by atoms with van der Waals surface area (Å²) >= 11 is 0. The number of nitrogens with zero attached hydrogens (tertiary/aromatic N) is 1. The van der Waals surface area contributed by atoms with E-state index in [1.165, 1.54) is 18.3 Å². The van der Waals surface area contributed by atoms with Gasteiger partial charge in [0, 0.05) is 24.9 Å². The number of benzene rings is 1. The zero-order valence-corrected chi connectivity index (χ0v) is 12.0. The Balaban J connectivity index is 2.21. The van der Waals surface area contributed by atoms with E-state index in [9.17, 15) is 12.8 Å². The van der Waals surface area contributed by atoms with E-state index >= 15 is 0 Å². The van der Waals surface area contributed by atoms with Crippen LogP contribution in [-0.4, -0.2) is 19.7 Å². The van der Waals surface area contributed by atoms with Crippen molar-refractivity contribution in [2.75, 3.05) is 11.0 Å². The molecule has 0 spiro atoms. The summed E-state index contributed by atoms with van der Waals surface area (Å²) in [7, 11) is -3.46. The van der Waals surface area contributed by atoms with Gasteiger partial charge in [-0.1, -0.05) is 0 Å². The first kappa shape index (κ1) is 15.2. The van der Waals surface area contributed by atoms with Crippen molar-refractivity contribution >= 4 is 15.7 Å². The maximum atomic E-state index is 13.9. The summed E-state index contributed by atoms with van der Waals surface area (Å²) in [6, 6.07) is 7.07. The van der Waals surface area contributed by atoms with Crippen molar-refractivity contribution in [2.45, 2.75) is 6.54 Å². The Morgan fingerprint density at radius 2 is 2.10 bits per heavy atom. The van der Waals surface area contributed by atoms with Crippen LogP contribution in [0.2, 0.25) is 0 Å². The third-order valence-electron chi connectivity index (χ3n) is 2.48. The van der Waals surface area contributed by atoms with Gasteiger partial charge in [0.25, 0.3) is 0 Å². The van der Waals surface area contributed by atoms with Crippen LogP contribution in [0.4, 0.5) is 10.1 Å². The van der Waals surface area contributed by atoms with Gasteiger partial charge in [0.15, 0.2) is 11.6 Å². The van der Waals surface area contributed by atoms with Gasteiger partial charge >= 0.3 is 0 Å². The van der Waals surface area contributed by atoms with E-state index in [1.54, 1.807) is 12.1 Å². The van der Waals surface area contributed by atoms with Crippen LogP contribution < -0.4 is 15.2 Å². The van der Waals surface area contributed by atoms with Crippen LogP contribution in [0, 0.1) is 5.82 Å². The van der Waals surface area contributed by atoms with Crippen molar-refractivity contribution in [3.05, 3.63) is 47.9 Å². The van der Waals surface area contributed by atoms with Crippen molar-refractivity contribution in [3.63, 3.8) is 0 Å². The Kier molecular flexibility index (Phi) is 4.39. The van der Waals surface area contributed by atoms with E-state index in [0.717, 1.165) is 17.9 Å². The van der Waals surface area contributed by atoms with Gasteiger partial charge in [-0.05, 0) is 23.8 Å². The second kappa shape index (κ2) is 6.06. The van der Waals surface area contributed by atoms with Crippen LogP contribution in [-0.2, 0) is 16.6 Å². The Hall–Kier alpha value is -2.19. The second-order valence-electron chi connectivity index (χ2n) is 4.33. The monoisotopic (exact) mass is 311 g/mol. The van der Waals surface area contributed by atoms with E-state index in [0.29, 0.717) is 6.54 Å². The molecule has 0 radical (unpaired) electrons. The minimum absolute atomic E-state index is 0.0595. The van der Waals surface area contributed by atoms with E-state index < -0.39 is 15.8 Å². The summed E-state index contributed by atoms with van der Waals surface area (Å²) in [6.07, 6.45) is 2.49. The zero-order valence-electron chi connectivity index (χ0n) is 11.2. The molecule has 1 heterocycles. The maximum Gasteiger partial charge on any atom is 0.229 e. The summed E-state index contributed by atoms with van der Waals surface area (Å²) < 4.78 is 43.5. The normalized spacial score (nSPS) is 11.2. The first-order valence-corrected chi connectivity index (χ1v) is 7.87. The molecule has 2 rings (SSSR count). The van der Waals surface area contributed by atoms with E-state index in [4.69, 9.17) is 10.5 Å². The Morgan fingerprint density at radius 3 is 2.71 bits per heavy atom. The Bertz CT molecular complexity index is 750. The summed E-state index contributed by atoms with van der Waals surface area (Å²) in [6.45, 7) is 0.318. The molecule has 0 aliphatic carbocycles. The van der Waals surface area contributed by atoms with Gasteiger partial charge in [-0.3, -0.25) is 4.72 Å². The van der Waals surface area contributed by atoms with Gasteiger partial charge in [0.1, 0.15) is 0 Å². The number of hydrogen-bond donors (Lipinski definition) is 2. The number of nitrogens with two attached hydrogens (primary N) is 1. The fraction of sp³-hybridized carbons (Fsp3) is 0.154. The third-order valence-corrected chi connectivity index (χ3v) is 3.09. The smallest absolute Gasteiger partial charge is 0.229 e. The predicted octanol–water partition coefficient (Wildman–Crippen LogP) is 1.84. The Morgan fingerprint density at radius 1 is 1.33 bits per heavy atom. The van der Waals surface area contributed by atoms with Gasteiger partial charge < -0.3 is 10.5 Å². The average Bonchev–Trinajstić information content (AvgIpc) is 2.40. The lowest BCUT2D eigenvalue weighted by Gasteiger charge is -2.09. The molecule has 0 fully saturated rings. The van der Waals surface area contributed by atoms with Crippen molar-refractivity contribution in [3.8, 4) is 11.6 Å². The first-order chi connectivity index (χ1) is 9.87. The van der Waals surface area contributed by atoms with Crippen molar-refractivity contribution < 1.29 is 17.5 Å². The molecule has 2 aromatic rings. The van der Waals surface area contributed by atoms with Gasteiger partial charge in [0.05, 0.1) is 11.9 Å². The number of aromatic nitrogens is 1. The highest BCUT2D eigenvalue weighted by Gasteiger charge is 2.09. The number of anilines is 1. The summed E-state index contributed by atoms with van der Waals surface area (Å²) in [5.41, 5.74) is 6.42. The molecule has 3 N–H and O–H groups in total. The SMILES string of the molecule is CS(=O)(=O)Nc1ccc(Oc2cc(CN)ccn2)c(F)c1. The molecule has 0 unspecified atom stereocenters. The molecule has 1 aromatic carbocycles. The molecule has 21 heavy (non-hydrogen) atoms. The van der Waals surface area contributed by atoms with Gasteiger partial charge in [-0.2, -0.15) is 0 Å². The number of sulfonamides is 1. The fourth-order valence-electron chi connectivity index (χ4n) is 1.61. The third kappa shape index (κ3) is 4.40. The second-order valence-corrected chi connectivity index (χ2v) is 6.08. The highest BCUT2D eigenvalue weighted by Crippen LogP contribution is 2.26. The molecular formula is C13H14FN3O3S. The molecule has 8 heteroatoms. The van der Waals surface area contributed by atoms with Crippen molar-refractivity contribution in [1.82, 2.24) is 4.98 Å². The minimum Gasteiger partial charge on any atom is -0.436 e. The topological polar surface area (TPSA) is 94.3 Å². The van der Waals surface area contributed by atoms with Crippen LogP contribution >= 0.6 is 0 Å². The van der Waals surface area contributed by atoms with Gasteiger partial charge in [-0.15, -0.1) is 0 Å². The van der Waals surface area contributed by atoms with Crippen molar-refractivity contribution in [2.24, 2.45) is 5.73 Å². The van der Waals surface area contributed by atoms with Crippen LogP contribution in [0.15, 0.2) is 36.5 Å². The van der Waals surface area contributed by atoms with E-state index in [-0.39, 0.29) is 17.3 Å². The number of hydrogen-bond acceptors (Lipinski definition) is 5. The molecule has 0 atom stereocenters. The fourth-order valence-corrected chi connectivity index (χ4v) is 2.16. The van der Waals surface area contributed by atoms with Gasteiger partial charge in [0.2, 0.25) is 15.9 Å². The Labute approximate surface area is 121 Å². The number of ether oxygens (including phenoxy) is 1. The molecule has 6 nitrogen and oxygen atoms in total. The molecule has 0 aliphatic rings. The lowest BCUT2D eigenvalue weighted by molar-refractivity contribution is 0.427. The minimum atomic E-state index is -3.46. The lowest BCUT2D eigenvalue weighted by Crippen LogP contribution is -2.09. The summed E-state index contributed by atoms with van der Waals surface area (Å²) in [5.74, 6) is -0.556. The molecule has 1 aromatic heterocycles. The van der Waals surface area contributed by atoms with Gasteiger partial charge in [-0.25, -0.2) is 17.8 Å². The molecule has 0 saturated carbocycles. The highest BCUT2D eigenvalue weighted by molar-refractivity contribution is 7.92. The standard InChI is InChI=1S/C13H14FN3O3S/c1-21(18,19)17-10-2-3-12(11(14)7-10)20-13-6-9(8-15)4-5-16-13/h2-7,17H,8,15H2,1H3. The van der Waals surface area contributed by atoms with E-state index in [2.05, 4.69) is 9.71 Å². The maximum absolute atomic E-state index is 13.9. The van der Waals surface area contributed by atoms with E-state index in [1.807, 2.05) is 0 Å². The molecule has 0 saturated heterocycles. The average molecular weight is 311 g/mol. The number of pyridine rings is 1. The number of halogens is 1. The quantitative estimate of drug-likeness (QED) is 0.878. The summed E-state index contributed by atoms with van der Waals surface area (Å²) in [5, 5.41) is 0. The van der Waals surface area contributed by atoms with Crippen LogP contribution in [0.1, 0.15) is 5.56 Å². The summed E-state index contributed by atoms with van der Waals surface area (Å²) in [4.78, 5) is 3.95. The molecule has 0 aliphatic heterocycles. The molecule has 0 bridgehead atoms. The van der Waals surface area contributed by atoms with Crippen molar-refractivity contribution in [1.29, 1.82) is 0 Å². The lowest BCUT2D eigenvalue weighted by atomic mass is 10.2. The molecular weight excluding hydrogens is 297 g/mol. The number of nitrogens with one attached hydrogen (secondary N) is 1. The number of rotatable bonds is 5.